The lowest BCUT2D eigenvalue weighted by molar-refractivity contribution is 0.0956. The van der Waals surface area contributed by atoms with Crippen LogP contribution in [0.15, 0.2) is 24.3 Å². The molecule has 0 radical (unpaired) electrons. The molecule has 2 N–H and O–H groups in total. The first-order valence-corrected chi connectivity index (χ1v) is 7.12. The summed E-state index contributed by atoms with van der Waals surface area (Å²) in [5.74, 6) is 0.772. The Morgan fingerprint density at radius 1 is 1.44 bits per heavy atom. The molecule has 1 aromatic carbocycles. The molecule has 2 nitrogen and oxygen atoms in total. The second kappa shape index (κ2) is 6.14. The van der Waals surface area contributed by atoms with Crippen LogP contribution in [-0.4, -0.2) is 11.8 Å². The minimum absolute atomic E-state index is 0.102. The van der Waals surface area contributed by atoms with Gasteiger partial charge in [-0.15, -0.1) is 0 Å². The van der Waals surface area contributed by atoms with Crippen molar-refractivity contribution < 1.29 is 4.79 Å². The number of unbranched alkanes of at least 4 members (excludes halogenated alkanes) is 1. The van der Waals surface area contributed by atoms with Crippen molar-refractivity contribution in [1.29, 1.82) is 0 Å². The Labute approximate surface area is 110 Å². The van der Waals surface area contributed by atoms with E-state index in [9.17, 15) is 4.79 Å². The highest BCUT2D eigenvalue weighted by Crippen LogP contribution is 2.36. The second-order valence-electron chi connectivity index (χ2n) is 5.37. The number of hydrogen-bond donors (Lipinski definition) is 1. The summed E-state index contributed by atoms with van der Waals surface area (Å²) in [6.07, 6.45) is 6.75. The van der Waals surface area contributed by atoms with Crippen LogP contribution in [-0.2, 0) is 0 Å². The summed E-state index contributed by atoms with van der Waals surface area (Å²) < 4.78 is 0. The molecule has 1 atom stereocenters. The first-order chi connectivity index (χ1) is 8.72. The van der Waals surface area contributed by atoms with Crippen LogP contribution in [0, 0.1) is 0 Å². The number of hydrogen-bond acceptors (Lipinski definition) is 2. The molecule has 2 heteroatoms. The molecule has 0 amide bonds. The topological polar surface area (TPSA) is 43.1 Å². The monoisotopic (exact) mass is 245 g/mol. The summed E-state index contributed by atoms with van der Waals surface area (Å²) >= 11 is 0. The third-order valence-corrected chi connectivity index (χ3v) is 3.95. The minimum Gasteiger partial charge on any atom is -0.321 e. The summed E-state index contributed by atoms with van der Waals surface area (Å²) in [4.78, 5) is 12.2. The van der Waals surface area contributed by atoms with Gasteiger partial charge in [-0.3, -0.25) is 4.79 Å². The standard InChI is InChI=1S/C16H23NO/c1-2-3-10-15(17)16(18)14-9-5-8-13(11-14)12-6-4-7-12/h5,8-9,11-12,15H,2-4,6-7,10,17H2,1H3. The van der Waals surface area contributed by atoms with Crippen molar-refractivity contribution >= 4 is 5.78 Å². The van der Waals surface area contributed by atoms with E-state index in [1.54, 1.807) is 0 Å². The molecule has 0 heterocycles. The second-order valence-corrected chi connectivity index (χ2v) is 5.37. The molecule has 1 aliphatic rings. The zero-order chi connectivity index (χ0) is 13.0. The molecular formula is C16H23NO. The van der Waals surface area contributed by atoms with E-state index in [1.807, 2.05) is 12.1 Å². The zero-order valence-electron chi connectivity index (χ0n) is 11.2. The summed E-state index contributed by atoms with van der Waals surface area (Å²) in [6, 6.07) is 7.75. The fraction of sp³-hybridized carbons (Fsp3) is 0.562. The van der Waals surface area contributed by atoms with Gasteiger partial charge < -0.3 is 5.73 Å². The van der Waals surface area contributed by atoms with Crippen LogP contribution < -0.4 is 5.73 Å². The predicted octanol–water partition coefficient (Wildman–Crippen LogP) is 3.65. The highest BCUT2D eigenvalue weighted by Gasteiger charge is 2.21. The number of benzene rings is 1. The molecule has 1 saturated carbocycles. The molecule has 1 aromatic rings. The Balaban J connectivity index is 2.05. The molecule has 1 aliphatic carbocycles. The molecule has 0 saturated heterocycles. The van der Waals surface area contributed by atoms with E-state index in [4.69, 9.17) is 5.73 Å². The fourth-order valence-corrected chi connectivity index (χ4v) is 2.46. The summed E-state index contributed by atoms with van der Waals surface area (Å²) in [5, 5.41) is 0. The van der Waals surface area contributed by atoms with Gasteiger partial charge in [-0.2, -0.15) is 0 Å². The maximum atomic E-state index is 12.2. The van der Waals surface area contributed by atoms with Gasteiger partial charge in [0.25, 0.3) is 0 Å². The Morgan fingerprint density at radius 2 is 2.22 bits per heavy atom. The molecule has 1 unspecified atom stereocenters. The molecule has 2 rings (SSSR count). The number of rotatable bonds is 6. The van der Waals surface area contributed by atoms with Gasteiger partial charge in [-0.25, -0.2) is 0 Å². The van der Waals surface area contributed by atoms with Crippen LogP contribution in [0.25, 0.3) is 0 Å². The van der Waals surface area contributed by atoms with E-state index in [0.717, 1.165) is 24.8 Å². The van der Waals surface area contributed by atoms with Crippen LogP contribution in [0.2, 0.25) is 0 Å². The number of carbonyl (C=O) groups is 1. The molecule has 0 aliphatic heterocycles. The molecule has 0 spiro atoms. The van der Waals surface area contributed by atoms with E-state index in [1.165, 1.54) is 24.8 Å². The van der Waals surface area contributed by atoms with Crippen molar-refractivity contribution in [2.45, 2.75) is 57.4 Å². The molecule has 0 bridgehead atoms. The summed E-state index contributed by atoms with van der Waals surface area (Å²) in [6.45, 7) is 2.12. The minimum atomic E-state index is -0.332. The van der Waals surface area contributed by atoms with Crippen LogP contribution in [0.5, 0.6) is 0 Å². The highest BCUT2D eigenvalue weighted by molar-refractivity contribution is 6.00. The smallest absolute Gasteiger partial charge is 0.179 e. The van der Waals surface area contributed by atoms with Crippen molar-refractivity contribution in [2.24, 2.45) is 5.73 Å². The third-order valence-electron chi connectivity index (χ3n) is 3.95. The lowest BCUT2D eigenvalue weighted by atomic mass is 9.79. The third kappa shape index (κ3) is 2.99. The Kier molecular flexibility index (Phi) is 4.54. The van der Waals surface area contributed by atoms with Crippen LogP contribution in [0.4, 0.5) is 0 Å². The quantitative estimate of drug-likeness (QED) is 0.777. The fourth-order valence-electron chi connectivity index (χ4n) is 2.46. The average Bonchev–Trinajstić information content (AvgIpc) is 2.33. The Bertz CT molecular complexity index is 409. The lowest BCUT2D eigenvalue weighted by Crippen LogP contribution is -2.30. The molecule has 1 fully saturated rings. The van der Waals surface area contributed by atoms with Gasteiger partial charge in [0.05, 0.1) is 6.04 Å². The van der Waals surface area contributed by atoms with Crippen molar-refractivity contribution in [2.75, 3.05) is 0 Å². The zero-order valence-corrected chi connectivity index (χ0v) is 11.2. The average molecular weight is 245 g/mol. The van der Waals surface area contributed by atoms with E-state index in [-0.39, 0.29) is 11.8 Å². The van der Waals surface area contributed by atoms with Gasteiger partial charge in [-0.05, 0) is 36.8 Å². The van der Waals surface area contributed by atoms with Crippen LogP contribution in [0.1, 0.15) is 67.3 Å². The van der Waals surface area contributed by atoms with Crippen LogP contribution >= 0.6 is 0 Å². The maximum absolute atomic E-state index is 12.2. The number of carbonyl (C=O) groups excluding carboxylic acids is 1. The maximum Gasteiger partial charge on any atom is 0.179 e. The Hall–Kier alpha value is -1.15. The SMILES string of the molecule is CCCCC(N)C(=O)c1cccc(C2CCC2)c1. The number of Topliss-reactive ketones (excluding diaryl/α,β-unsaturated/α-hetero) is 1. The van der Waals surface area contributed by atoms with Crippen molar-refractivity contribution in [3.8, 4) is 0 Å². The first kappa shape index (κ1) is 13.3. The lowest BCUT2D eigenvalue weighted by Gasteiger charge is -2.26. The van der Waals surface area contributed by atoms with E-state index in [0.29, 0.717) is 5.92 Å². The molecular weight excluding hydrogens is 222 g/mol. The molecule has 18 heavy (non-hydrogen) atoms. The van der Waals surface area contributed by atoms with Crippen molar-refractivity contribution in [3.63, 3.8) is 0 Å². The van der Waals surface area contributed by atoms with Crippen LogP contribution in [0.3, 0.4) is 0 Å². The van der Waals surface area contributed by atoms with Gasteiger partial charge >= 0.3 is 0 Å². The van der Waals surface area contributed by atoms with Crippen molar-refractivity contribution in [3.05, 3.63) is 35.4 Å². The van der Waals surface area contributed by atoms with E-state index < -0.39 is 0 Å². The summed E-state index contributed by atoms with van der Waals surface area (Å²) in [5.41, 5.74) is 8.07. The number of ketones is 1. The number of nitrogens with two attached hydrogens (primary N) is 1. The highest BCUT2D eigenvalue weighted by atomic mass is 16.1. The van der Waals surface area contributed by atoms with Gasteiger partial charge in [0.15, 0.2) is 5.78 Å². The van der Waals surface area contributed by atoms with Gasteiger partial charge in [0.2, 0.25) is 0 Å². The van der Waals surface area contributed by atoms with Gasteiger partial charge in [0.1, 0.15) is 0 Å². The van der Waals surface area contributed by atoms with E-state index in [2.05, 4.69) is 19.1 Å². The normalized spacial score (nSPS) is 17.2. The first-order valence-electron chi connectivity index (χ1n) is 7.12. The Morgan fingerprint density at radius 3 is 2.83 bits per heavy atom. The predicted molar refractivity (Wildman–Crippen MR) is 74.9 cm³/mol. The molecule has 0 aromatic heterocycles. The van der Waals surface area contributed by atoms with E-state index >= 15 is 0 Å². The largest absolute Gasteiger partial charge is 0.321 e. The molecule has 98 valence electrons. The van der Waals surface area contributed by atoms with Crippen molar-refractivity contribution in [1.82, 2.24) is 0 Å². The van der Waals surface area contributed by atoms with Gasteiger partial charge in [0, 0.05) is 5.56 Å². The van der Waals surface area contributed by atoms with Gasteiger partial charge in [-0.1, -0.05) is 44.4 Å². The summed E-state index contributed by atoms with van der Waals surface area (Å²) in [7, 11) is 0.